The number of methoxy groups -OCH3 is 2. The largest absolute Gasteiger partial charge is 0.493 e. The van der Waals surface area contributed by atoms with E-state index in [0.717, 1.165) is 19.4 Å². The number of allylic oxidation sites excluding steroid dienone is 1. The number of ether oxygens (including phenoxy) is 5. The van der Waals surface area contributed by atoms with Gasteiger partial charge in [0.05, 0.1) is 25.9 Å². The Labute approximate surface area is 186 Å². The van der Waals surface area contributed by atoms with Crippen LogP contribution in [0.1, 0.15) is 28.8 Å². The summed E-state index contributed by atoms with van der Waals surface area (Å²) in [5, 5.41) is 2.80. The molecule has 2 aliphatic heterocycles. The molecule has 2 aromatic rings. The summed E-state index contributed by atoms with van der Waals surface area (Å²) in [7, 11) is 3.08. The van der Waals surface area contributed by atoms with Crippen LogP contribution in [0.15, 0.2) is 42.2 Å². The van der Waals surface area contributed by atoms with Crippen LogP contribution in [0.3, 0.4) is 0 Å². The summed E-state index contributed by atoms with van der Waals surface area (Å²) in [6.45, 7) is 1.08. The summed E-state index contributed by atoms with van der Waals surface area (Å²) in [4.78, 5) is 24.8. The minimum atomic E-state index is -0.245. The number of carbonyl (C=O) groups is 2. The predicted molar refractivity (Wildman–Crippen MR) is 116 cm³/mol. The molecule has 2 aromatic carbocycles. The third kappa shape index (κ3) is 4.70. The molecule has 1 atom stereocenters. The van der Waals surface area contributed by atoms with E-state index in [-0.39, 0.29) is 30.2 Å². The molecule has 4 rings (SSSR count). The number of benzene rings is 2. The summed E-state index contributed by atoms with van der Waals surface area (Å²) < 4.78 is 27.5. The second-order valence-corrected chi connectivity index (χ2v) is 7.41. The summed E-state index contributed by atoms with van der Waals surface area (Å²) in [5.74, 6) is 1.56. The maximum atomic E-state index is 12.8. The van der Waals surface area contributed by atoms with Gasteiger partial charge in [0.2, 0.25) is 5.78 Å². The number of carbonyl (C=O) groups excluding carboxylic acids is 2. The van der Waals surface area contributed by atoms with Crippen LogP contribution in [0, 0.1) is 0 Å². The molecule has 0 aromatic heterocycles. The number of hydrogen-bond donors (Lipinski definition) is 1. The van der Waals surface area contributed by atoms with E-state index in [4.69, 9.17) is 23.7 Å². The van der Waals surface area contributed by atoms with Crippen molar-refractivity contribution in [3.05, 3.63) is 53.3 Å². The number of rotatable bonds is 8. The van der Waals surface area contributed by atoms with Gasteiger partial charge in [-0.1, -0.05) is 12.1 Å². The lowest BCUT2D eigenvalue weighted by molar-refractivity contribution is -0.123. The molecule has 0 radical (unpaired) electrons. The van der Waals surface area contributed by atoms with Crippen LogP contribution in [0.5, 0.6) is 23.0 Å². The molecule has 1 saturated heterocycles. The van der Waals surface area contributed by atoms with E-state index >= 15 is 0 Å². The normalized spacial score (nSPS) is 18.2. The first-order valence-electron chi connectivity index (χ1n) is 10.4. The highest BCUT2D eigenvalue weighted by molar-refractivity contribution is 6.14. The fourth-order valence-corrected chi connectivity index (χ4v) is 3.66. The van der Waals surface area contributed by atoms with Gasteiger partial charge in [0.25, 0.3) is 5.91 Å². The van der Waals surface area contributed by atoms with E-state index in [1.54, 1.807) is 49.6 Å². The van der Waals surface area contributed by atoms with E-state index in [1.165, 1.54) is 7.11 Å². The van der Waals surface area contributed by atoms with Gasteiger partial charge in [-0.3, -0.25) is 9.59 Å². The van der Waals surface area contributed by atoms with Crippen molar-refractivity contribution in [2.24, 2.45) is 0 Å². The second kappa shape index (κ2) is 9.74. The molecule has 0 aliphatic carbocycles. The minimum absolute atomic E-state index is 0.0757. The lowest BCUT2D eigenvalue weighted by Crippen LogP contribution is -2.35. The van der Waals surface area contributed by atoms with Gasteiger partial charge in [0.1, 0.15) is 11.5 Å². The standard InChI is InChI=1S/C24H25NO7/c1-28-19-7-3-5-15(24(19)29-2)11-21-23(27)18-9-8-16(12-20(18)32-21)31-14-22(26)25-13-17-6-4-10-30-17/h3,5,7-9,11-12,17H,4,6,10,13-14H2,1-2H3,(H,25,26)/b21-11-. The van der Waals surface area contributed by atoms with Crippen molar-refractivity contribution in [2.75, 3.05) is 34.0 Å². The van der Waals surface area contributed by atoms with Crippen LogP contribution in [0.4, 0.5) is 0 Å². The lowest BCUT2D eigenvalue weighted by atomic mass is 10.1. The van der Waals surface area contributed by atoms with Crippen LogP contribution >= 0.6 is 0 Å². The first-order valence-corrected chi connectivity index (χ1v) is 10.4. The third-order valence-electron chi connectivity index (χ3n) is 5.28. The van der Waals surface area contributed by atoms with Crippen LogP contribution in [0.25, 0.3) is 6.08 Å². The van der Waals surface area contributed by atoms with Gasteiger partial charge in [0, 0.05) is 24.8 Å². The van der Waals surface area contributed by atoms with Gasteiger partial charge in [-0.25, -0.2) is 0 Å². The molecule has 0 saturated carbocycles. The summed E-state index contributed by atoms with van der Waals surface area (Å²) in [6.07, 6.45) is 3.66. The Morgan fingerprint density at radius 3 is 2.84 bits per heavy atom. The molecule has 8 heteroatoms. The Morgan fingerprint density at radius 2 is 2.09 bits per heavy atom. The minimum Gasteiger partial charge on any atom is -0.493 e. The molecule has 1 N–H and O–H groups in total. The van der Waals surface area contributed by atoms with Crippen LogP contribution in [0.2, 0.25) is 0 Å². The van der Waals surface area contributed by atoms with E-state index < -0.39 is 0 Å². The zero-order valence-corrected chi connectivity index (χ0v) is 18.0. The average molecular weight is 439 g/mol. The highest BCUT2D eigenvalue weighted by Gasteiger charge is 2.28. The molecule has 8 nitrogen and oxygen atoms in total. The fraction of sp³-hybridized carbons (Fsp3) is 0.333. The van der Waals surface area contributed by atoms with Crippen LogP contribution < -0.4 is 24.3 Å². The Kier molecular flexibility index (Phi) is 6.61. The van der Waals surface area contributed by atoms with Crippen molar-refractivity contribution >= 4 is 17.8 Å². The Hall–Kier alpha value is -3.52. The van der Waals surface area contributed by atoms with Crippen molar-refractivity contribution < 1.29 is 33.3 Å². The Morgan fingerprint density at radius 1 is 1.22 bits per heavy atom. The molecule has 1 unspecified atom stereocenters. The van der Waals surface area contributed by atoms with Crippen molar-refractivity contribution in [3.8, 4) is 23.0 Å². The predicted octanol–water partition coefficient (Wildman–Crippen LogP) is 2.99. The summed E-state index contributed by atoms with van der Waals surface area (Å²) in [5.41, 5.74) is 1.08. The Bertz CT molecular complexity index is 1040. The van der Waals surface area contributed by atoms with Gasteiger partial charge in [-0.15, -0.1) is 0 Å². The lowest BCUT2D eigenvalue weighted by Gasteiger charge is -2.11. The van der Waals surface area contributed by atoms with Crippen molar-refractivity contribution in [3.63, 3.8) is 0 Å². The molecule has 2 aliphatic rings. The van der Waals surface area contributed by atoms with Crippen molar-refractivity contribution in [1.29, 1.82) is 0 Å². The van der Waals surface area contributed by atoms with Gasteiger partial charge in [-0.05, 0) is 37.1 Å². The second-order valence-electron chi connectivity index (χ2n) is 7.41. The van der Waals surface area contributed by atoms with Gasteiger partial charge in [-0.2, -0.15) is 0 Å². The SMILES string of the molecule is COc1cccc(/C=C2\Oc3cc(OCC(=O)NCC4CCCO4)ccc3C2=O)c1OC. The maximum absolute atomic E-state index is 12.8. The molecular formula is C24H25NO7. The zero-order valence-electron chi connectivity index (χ0n) is 18.0. The quantitative estimate of drug-likeness (QED) is 0.632. The number of Topliss-reactive ketones (excluding diaryl/α,β-unsaturated/α-hetero) is 1. The van der Waals surface area contributed by atoms with E-state index in [1.807, 2.05) is 0 Å². The molecular weight excluding hydrogens is 414 g/mol. The van der Waals surface area contributed by atoms with Crippen molar-refractivity contribution in [1.82, 2.24) is 5.32 Å². The topological polar surface area (TPSA) is 92.3 Å². The average Bonchev–Trinajstić information content (AvgIpc) is 3.44. The zero-order chi connectivity index (χ0) is 22.5. The first kappa shape index (κ1) is 21.7. The molecule has 1 fully saturated rings. The molecule has 2 heterocycles. The number of amides is 1. The third-order valence-corrected chi connectivity index (χ3v) is 5.28. The van der Waals surface area contributed by atoms with Crippen LogP contribution in [-0.4, -0.2) is 51.8 Å². The molecule has 0 spiro atoms. The van der Waals surface area contributed by atoms with Gasteiger partial charge < -0.3 is 29.0 Å². The molecule has 168 valence electrons. The van der Waals surface area contributed by atoms with Crippen molar-refractivity contribution in [2.45, 2.75) is 18.9 Å². The first-order chi connectivity index (χ1) is 15.6. The monoisotopic (exact) mass is 439 g/mol. The molecule has 0 bridgehead atoms. The number of fused-ring (bicyclic) bond motifs is 1. The van der Waals surface area contributed by atoms with Gasteiger partial charge in [0.15, 0.2) is 23.9 Å². The Balaban J connectivity index is 1.41. The van der Waals surface area contributed by atoms with E-state index in [2.05, 4.69) is 5.32 Å². The van der Waals surface area contributed by atoms with E-state index in [0.29, 0.717) is 40.7 Å². The number of nitrogens with one attached hydrogen (secondary N) is 1. The highest BCUT2D eigenvalue weighted by atomic mass is 16.5. The maximum Gasteiger partial charge on any atom is 0.258 e. The summed E-state index contributed by atoms with van der Waals surface area (Å²) >= 11 is 0. The molecule has 32 heavy (non-hydrogen) atoms. The smallest absolute Gasteiger partial charge is 0.258 e. The summed E-state index contributed by atoms with van der Waals surface area (Å²) in [6, 6.07) is 10.2. The number of ketones is 1. The fourth-order valence-electron chi connectivity index (χ4n) is 3.66. The number of hydrogen-bond acceptors (Lipinski definition) is 7. The van der Waals surface area contributed by atoms with Gasteiger partial charge >= 0.3 is 0 Å². The molecule has 1 amide bonds. The number of para-hydroxylation sites is 1. The van der Waals surface area contributed by atoms with Crippen LogP contribution in [-0.2, 0) is 9.53 Å². The van der Waals surface area contributed by atoms with E-state index in [9.17, 15) is 9.59 Å². The highest BCUT2D eigenvalue weighted by Crippen LogP contribution is 2.37.